The van der Waals surface area contributed by atoms with Gasteiger partial charge in [-0.2, -0.15) is 9.03 Å². The molecule has 46 heavy (non-hydrogen) atoms. The Morgan fingerprint density at radius 3 is 2.24 bits per heavy atom. The summed E-state index contributed by atoms with van der Waals surface area (Å²) in [6.07, 6.45) is 11.1. The number of aromatic amines is 1. The van der Waals surface area contributed by atoms with Crippen molar-refractivity contribution in [1.82, 2.24) is 24.0 Å². The lowest BCUT2D eigenvalue weighted by Crippen LogP contribution is -2.42. The second kappa shape index (κ2) is 15.3. The van der Waals surface area contributed by atoms with Crippen molar-refractivity contribution >= 4 is 86.6 Å². The van der Waals surface area contributed by atoms with Gasteiger partial charge in [-0.05, 0) is 81.5 Å². The molecule has 18 heteroatoms. The number of sulfonamides is 2. The number of hydrogen-bond donors (Lipinski definition) is 3. The minimum absolute atomic E-state index is 0.0791. The number of pyridine rings is 1. The van der Waals surface area contributed by atoms with Crippen molar-refractivity contribution in [3.8, 4) is 0 Å². The van der Waals surface area contributed by atoms with Gasteiger partial charge in [0.25, 0.3) is 10.0 Å². The molecule has 5 rings (SSSR count). The van der Waals surface area contributed by atoms with E-state index in [1.165, 1.54) is 24.8 Å². The number of aromatic nitrogens is 3. The Hall–Kier alpha value is -1.60. The molecule has 0 amide bonds. The number of halogens is 3. The maximum Gasteiger partial charge on any atom is 0.322 e. The zero-order valence-electron chi connectivity index (χ0n) is 24.7. The summed E-state index contributed by atoms with van der Waals surface area (Å²) in [7, 11) is -7.66. The molecule has 2 aliphatic heterocycles. The molecule has 2 fully saturated rings. The Morgan fingerprint density at radius 2 is 1.70 bits per heavy atom. The molecule has 2 aliphatic rings. The highest BCUT2D eigenvalue weighted by Crippen LogP contribution is 2.37. The number of anilines is 1. The number of carbonyl (C=O) groups is 1. The van der Waals surface area contributed by atoms with E-state index in [0.717, 1.165) is 69.4 Å². The highest BCUT2D eigenvalue weighted by atomic mass is 79.9. The average Bonchev–Trinajstić information content (AvgIpc) is 3.66. The van der Waals surface area contributed by atoms with Gasteiger partial charge in [0.15, 0.2) is 0 Å². The number of imidazole rings is 1. The van der Waals surface area contributed by atoms with Gasteiger partial charge in [-0.15, -0.1) is 11.3 Å². The van der Waals surface area contributed by atoms with Gasteiger partial charge < -0.3 is 15.0 Å². The number of H-pyrrole nitrogens is 1. The van der Waals surface area contributed by atoms with E-state index < -0.39 is 32.1 Å². The van der Waals surface area contributed by atoms with Crippen LogP contribution in [0.15, 0.2) is 48.9 Å². The molecule has 252 valence electrons. The van der Waals surface area contributed by atoms with Crippen LogP contribution in [-0.4, -0.2) is 79.4 Å². The first-order valence-electron chi connectivity index (χ1n) is 14.9. The summed E-state index contributed by atoms with van der Waals surface area (Å²) < 4.78 is 57.7. The Balaban J connectivity index is 1.06. The van der Waals surface area contributed by atoms with Gasteiger partial charge in [0, 0.05) is 55.2 Å². The fourth-order valence-corrected chi connectivity index (χ4v) is 11.8. The smallest absolute Gasteiger partial charge is 0.322 e. The molecule has 12 nitrogen and oxygen atoms in total. The van der Waals surface area contributed by atoms with E-state index in [1.54, 1.807) is 10.4 Å². The molecular formula is C28H35Br2ClN6O6S3. The Labute approximate surface area is 294 Å². The minimum atomic E-state index is -4.14. The lowest BCUT2D eigenvalue weighted by molar-refractivity contribution is -0.138. The third kappa shape index (κ3) is 8.70. The van der Waals surface area contributed by atoms with E-state index in [4.69, 9.17) is 11.6 Å². The van der Waals surface area contributed by atoms with Crippen LogP contribution in [0.5, 0.6) is 0 Å². The molecule has 0 spiro atoms. The molecule has 0 unspecified atom stereocenters. The zero-order chi connectivity index (χ0) is 33.1. The molecule has 2 saturated heterocycles. The highest BCUT2D eigenvalue weighted by molar-refractivity contribution is 9.11. The van der Waals surface area contributed by atoms with E-state index in [-0.39, 0.29) is 15.5 Å². The summed E-state index contributed by atoms with van der Waals surface area (Å²) >= 11 is 13.9. The van der Waals surface area contributed by atoms with E-state index in [1.807, 2.05) is 0 Å². The van der Waals surface area contributed by atoms with Crippen LogP contribution < -0.4 is 9.62 Å². The molecule has 0 radical (unpaired) electrons. The van der Waals surface area contributed by atoms with Crippen molar-refractivity contribution < 1.29 is 26.7 Å². The third-order valence-corrected chi connectivity index (χ3v) is 15.5. The first-order chi connectivity index (χ1) is 21.8. The average molecular weight is 843 g/mol. The molecule has 0 bridgehead atoms. The Morgan fingerprint density at radius 1 is 1.04 bits per heavy atom. The monoisotopic (exact) mass is 840 g/mol. The van der Waals surface area contributed by atoms with Crippen molar-refractivity contribution in [2.75, 3.05) is 31.1 Å². The number of rotatable bonds is 13. The van der Waals surface area contributed by atoms with Crippen molar-refractivity contribution in [2.24, 2.45) is 11.8 Å². The topological polar surface area (TPSA) is 166 Å². The number of hydrogen-bond acceptors (Lipinski definition) is 9. The third-order valence-electron chi connectivity index (χ3n) is 8.61. The molecular weight excluding hydrogens is 808 g/mol. The molecule has 3 N–H and O–H groups in total. The van der Waals surface area contributed by atoms with Crippen LogP contribution in [0.4, 0.5) is 5.82 Å². The number of nitrogens with one attached hydrogen (secondary N) is 2. The van der Waals surface area contributed by atoms with Gasteiger partial charge in [-0.3, -0.25) is 4.79 Å². The van der Waals surface area contributed by atoms with Gasteiger partial charge in [-0.1, -0.05) is 30.9 Å². The van der Waals surface area contributed by atoms with Crippen molar-refractivity contribution in [2.45, 2.75) is 66.5 Å². The fourth-order valence-electron chi connectivity index (χ4n) is 5.99. The molecule has 3 aromatic rings. The molecule has 0 aromatic carbocycles. The van der Waals surface area contributed by atoms with Gasteiger partial charge in [0.2, 0.25) is 10.0 Å². The summed E-state index contributed by atoms with van der Waals surface area (Å²) in [6.45, 7) is 2.65. The highest BCUT2D eigenvalue weighted by Gasteiger charge is 2.32. The predicted octanol–water partition coefficient (Wildman–Crippen LogP) is 5.51. The lowest BCUT2D eigenvalue weighted by atomic mass is 9.87. The number of carboxylic acids is 1. The molecule has 5 heterocycles. The SMILES string of the molecule is O=C(O)[C@H](Cc1cnc[nH]1)NS(=O)(=O)c1cnc(N2CCC(CCCC3CCN(S(=O)(=O)c4cc(Br)c(Cl)s4)CC3)CC2)c(Br)c1. The maximum absolute atomic E-state index is 13.0. The van der Waals surface area contributed by atoms with Gasteiger partial charge >= 0.3 is 5.97 Å². The van der Waals surface area contributed by atoms with Crippen LogP contribution >= 0.6 is 54.8 Å². The van der Waals surface area contributed by atoms with E-state index in [2.05, 4.69) is 56.4 Å². The van der Waals surface area contributed by atoms with Crippen molar-refractivity contribution in [3.63, 3.8) is 0 Å². The summed E-state index contributed by atoms with van der Waals surface area (Å²) in [6, 6.07) is 1.67. The predicted molar refractivity (Wildman–Crippen MR) is 183 cm³/mol. The zero-order valence-corrected chi connectivity index (χ0v) is 31.1. The molecule has 0 saturated carbocycles. The Bertz CT molecular complexity index is 1710. The van der Waals surface area contributed by atoms with E-state index in [0.29, 0.717) is 49.7 Å². The van der Waals surface area contributed by atoms with Crippen LogP contribution in [0.1, 0.15) is 50.6 Å². The van der Waals surface area contributed by atoms with Gasteiger partial charge in [0.05, 0.1) is 10.8 Å². The van der Waals surface area contributed by atoms with Crippen LogP contribution in [-0.2, 0) is 31.3 Å². The second-order valence-electron chi connectivity index (χ2n) is 11.7. The van der Waals surface area contributed by atoms with Crippen molar-refractivity contribution in [1.29, 1.82) is 0 Å². The van der Waals surface area contributed by atoms with Crippen LogP contribution in [0.2, 0.25) is 4.34 Å². The first-order valence-corrected chi connectivity index (χ1v) is 20.6. The van der Waals surface area contributed by atoms with E-state index >= 15 is 0 Å². The number of nitrogens with zero attached hydrogens (tertiary/aromatic N) is 4. The quantitative estimate of drug-likeness (QED) is 0.201. The number of piperidine rings is 2. The fraction of sp³-hybridized carbons (Fsp3) is 0.536. The second-order valence-corrected chi connectivity index (χ2v) is 18.9. The first kappa shape index (κ1) is 35.7. The number of aliphatic carboxylic acids is 1. The standard InChI is InChI=1S/C28H35Br2ClN6O6S3/c29-22-14-25(44-26(22)31)46(42,43)37-10-6-19(7-11-37)3-1-2-18-4-8-36(9-5-18)27-23(30)13-21(16-33-27)45(40,41)35-24(28(38)39)12-20-15-32-17-34-20/h13-19,24,35H,1-12H2,(H,32,34)(H,38,39)/t24-/m0/s1. The van der Waals surface area contributed by atoms with Crippen LogP contribution in [0, 0.1) is 11.8 Å². The molecule has 0 aliphatic carbocycles. The summed E-state index contributed by atoms with van der Waals surface area (Å²) in [5.74, 6) is 0.466. The Kier molecular flexibility index (Phi) is 11.9. The minimum Gasteiger partial charge on any atom is -0.480 e. The maximum atomic E-state index is 13.0. The molecule has 1 atom stereocenters. The van der Waals surface area contributed by atoms with Gasteiger partial charge in [-0.25, -0.2) is 26.8 Å². The number of carboxylic acid groups (broad SMARTS) is 1. The number of thiophene rings is 1. The largest absolute Gasteiger partial charge is 0.480 e. The van der Waals surface area contributed by atoms with Gasteiger partial charge in [0.1, 0.15) is 25.3 Å². The normalized spacial score (nSPS) is 18.2. The van der Waals surface area contributed by atoms with E-state index in [9.17, 15) is 26.7 Å². The lowest BCUT2D eigenvalue weighted by Gasteiger charge is -2.34. The summed E-state index contributed by atoms with van der Waals surface area (Å²) in [4.78, 5) is 24.8. The van der Waals surface area contributed by atoms with Crippen LogP contribution in [0.3, 0.4) is 0 Å². The van der Waals surface area contributed by atoms with Crippen LogP contribution in [0.25, 0.3) is 0 Å². The van der Waals surface area contributed by atoms with Crippen molar-refractivity contribution in [3.05, 3.63) is 49.8 Å². The summed E-state index contributed by atoms with van der Waals surface area (Å²) in [5, 5.41) is 9.55. The molecule has 3 aromatic heterocycles. The summed E-state index contributed by atoms with van der Waals surface area (Å²) in [5.41, 5.74) is 0.497.